The Hall–Kier alpha value is -1.57. The zero-order valence-corrected chi connectivity index (χ0v) is 8.75. The fourth-order valence-electron chi connectivity index (χ4n) is 1.33. The lowest BCUT2D eigenvalue weighted by Gasteiger charge is -2.09. The molecule has 0 spiro atoms. The van der Waals surface area contributed by atoms with Crippen molar-refractivity contribution in [1.29, 1.82) is 0 Å². The molecule has 0 heterocycles. The molecule has 0 aliphatic carbocycles. The van der Waals surface area contributed by atoms with Gasteiger partial charge in [0.25, 0.3) is 0 Å². The third-order valence-electron chi connectivity index (χ3n) is 1.93. The van der Waals surface area contributed by atoms with Crippen molar-refractivity contribution in [1.82, 2.24) is 0 Å². The number of aliphatic imine (C=N–C) groups is 1. The molecule has 0 aromatic heterocycles. The highest BCUT2D eigenvalue weighted by atomic mass is 14.9. The fraction of sp³-hybridized carbons (Fsp3) is 0.250. The Morgan fingerprint density at radius 1 is 1.50 bits per heavy atom. The highest BCUT2D eigenvalue weighted by Crippen LogP contribution is 2.20. The summed E-state index contributed by atoms with van der Waals surface area (Å²) >= 11 is 0. The minimum Gasteiger partial charge on any atom is -0.385 e. The van der Waals surface area contributed by atoms with E-state index in [1.54, 1.807) is 13.3 Å². The quantitative estimate of drug-likeness (QED) is 0.722. The van der Waals surface area contributed by atoms with E-state index in [1.165, 1.54) is 0 Å². The second-order valence-electron chi connectivity index (χ2n) is 2.99. The SMILES string of the molecule is C=C(C=NC)c1ccccc1NCC. The van der Waals surface area contributed by atoms with Gasteiger partial charge in [-0.2, -0.15) is 0 Å². The molecule has 2 nitrogen and oxygen atoms in total. The largest absolute Gasteiger partial charge is 0.385 e. The summed E-state index contributed by atoms with van der Waals surface area (Å²) in [6.07, 6.45) is 1.77. The second kappa shape index (κ2) is 5.22. The monoisotopic (exact) mass is 188 g/mol. The molecule has 0 saturated carbocycles. The van der Waals surface area contributed by atoms with Crippen LogP contribution in [0.25, 0.3) is 5.57 Å². The summed E-state index contributed by atoms with van der Waals surface area (Å²) in [5.41, 5.74) is 3.16. The zero-order chi connectivity index (χ0) is 10.4. The smallest absolute Gasteiger partial charge is 0.0420 e. The van der Waals surface area contributed by atoms with Gasteiger partial charge in [0.15, 0.2) is 0 Å². The van der Waals surface area contributed by atoms with Crippen molar-refractivity contribution in [2.75, 3.05) is 18.9 Å². The number of hydrogen-bond donors (Lipinski definition) is 1. The average molecular weight is 188 g/mol. The first kappa shape index (κ1) is 10.5. The van der Waals surface area contributed by atoms with Crippen LogP contribution in [-0.4, -0.2) is 19.8 Å². The lowest BCUT2D eigenvalue weighted by molar-refractivity contribution is 1.21. The van der Waals surface area contributed by atoms with Crippen molar-refractivity contribution < 1.29 is 0 Å². The maximum atomic E-state index is 3.97. The Balaban J connectivity index is 3.00. The van der Waals surface area contributed by atoms with Gasteiger partial charge in [-0.3, -0.25) is 4.99 Å². The van der Waals surface area contributed by atoms with Gasteiger partial charge in [0, 0.05) is 31.1 Å². The topological polar surface area (TPSA) is 24.4 Å². The van der Waals surface area contributed by atoms with Crippen molar-refractivity contribution in [2.45, 2.75) is 6.92 Å². The molecular weight excluding hydrogens is 172 g/mol. The van der Waals surface area contributed by atoms with Crippen molar-refractivity contribution in [3.05, 3.63) is 36.4 Å². The van der Waals surface area contributed by atoms with E-state index >= 15 is 0 Å². The number of hydrogen-bond acceptors (Lipinski definition) is 2. The van der Waals surface area contributed by atoms with Crippen LogP contribution in [-0.2, 0) is 0 Å². The van der Waals surface area contributed by atoms with Crippen LogP contribution in [0.15, 0.2) is 35.8 Å². The molecule has 0 atom stereocenters. The third-order valence-corrected chi connectivity index (χ3v) is 1.93. The van der Waals surface area contributed by atoms with Crippen LogP contribution in [0.1, 0.15) is 12.5 Å². The summed E-state index contributed by atoms with van der Waals surface area (Å²) in [6.45, 7) is 6.96. The van der Waals surface area contributed by atoms with Crippen LogP contribution in [0.5, 0.6) is 0 Å². The van der Waals surface area contributed by atoms with E-state index in [0.29, 0.717) is 0 Å². The van der Waals surface area contributed by atoms with Crippen LogP contribution < -0.4 is 5.32 Å². The minimum absolute atomic E-state index is 0.910. The molecule has 1 N–H and O–H groups in total. The zero-order valence-electron chi connectivity index (χ0n) is 8.75. The maximum absolute atomic E-state index is 3.97. The summed E-state index contributed by atoms with van der Waals surface area (Å²) in [7, 11) is 1.75. The lowest BCUT2D eigenvalue weighted by Crippen LogP contribution is -2.00. The predicted molar refractivity (Wildman–Crippen MR) is 64.1 cm³/mol. The van der Waals surface area contributed by atoms with E-state index in [2.05, 4.69) is 23.8 Å². The number of rotatable bonds is 4. The Morgan fingerprint density at radius 2 is 2.21 bits per heavy atom. The molecule has 1 aromatic carbocycles. The highest BCUT2D eigenvalue weighted by molar-refractivity contribution is 6.10. The summed E-state index contributed by atoms with van der Waals surface area (Å²) in [6, 6.07) is 8.11. The standard InChI is InChI=1S/C12H16N2/c1-4-14-12-8-6-5-7-11(12)10(2)9-13-3/h5-9,14H,2,4H2,1,3H3. The Bertz CT molecular complexity index is 340. The van der Waals surface area contributed by atoms with E-state index in [4.69, 9.17) is 0 Å². The molecular formula is C12H16N2. The third kappa shape index (κ3) is 2.46. The van der Waals surface area contributed by atoms with Crippen molar-refractivity contribution in [3.63, 3.8) is 0 Å². The van der Waals surface area contributed by atoms with Crippen LogP contribution in [0, 0.1) is 0 Å². The Morgan fingerprint density at radius 3 is 2.86 bits per heavy atom. The van der Waals surface area contributed by atoms with Crippen molar-refractivity contribution in [3.8, 4) is 0 Å². The molecule has 0 unspecified atom stereocenters. The van der Waals surface area contributed by atoms with Gasteiger partial charge in [-0.05, 0) is 18.6 Å². The van der Waals surface area contributed by atoms with Gasteiger partial charge in [-0.25, -0.2) is 0 Å². The minimum atomic E-state index is 0.910. The van der Waals surface area contributed by atoms with E-state index in [9.17, 15) is 0 Å². The number of benzene rings is 1. The fourth-order valence-corrected chi connectivity index (χ4v) is 1.33. The summed E-state index contributed by atoms with van der Waals surface area (Å²) in [5.74, 6) is 0. The molecule has 14 heavy (non-hydrogen) atoms. The number of para-hydroxylation sites is 1. The summed E-state index contributed by atoms with van der Waals surface area (Å²) in [4.78, 5) is 3.96. The van der Waals surface area contributed by atoms with Gasteiger partial charge in [-0.1, -0.05) is 24.8 Å². The molecule has 0 amide bonds. The Kier molecular flexibility index (Phi) is 3.92. The van der Waals surface area contributed by atoms with Gasteiger partial charge >= 0.3 is 0 Å². The van der Waals surface area contributed by atoms with E-state index < -0.39 is 0 Å². The maximum Gasteiger partial charge on any atom is 0.0420 e. The van der Waals surface area contributed by atoms with Crippen LogP contribution in [0.3, 0.4) is 0 Å². The van der Waals surface area contributed by atoms with Crippen molar-refractivity contribution in [2.24, 2.45) is 4.99 Å². The number of nitrogens with one attached hydrogen (secondary N) is 1. The summed E-state index contributed by atoms with van der Waals surface area (Å²) in [5, 5.41) is 3.29. The second-order valence-corrected chi connectivity index (χ2v) is 2.99. The molecule has 0 bridgehead atoms. The molecule has 0 radical (unpaired) electrons. The summed E-state index contributed by atoms with van der Waals surface area (Å²) < 4.78 is 0. The molecule has 0 fully saturated rings. The average Bonchev–Trinajstić information content (AvgIpc) is 2.19. The van der Waals surface area contributed by atoms with Gasteiger partial charge in [0.2, 0.25) is 0 Å². The number of anilines is 1. The van der Waals surface area contributed by atoms with Crippen LogP contribution in [0.4, 0.5) is 5.69 Å². The number of allylic oxidation sites excluding steroid dienone is 1. The van der Waals surface area contributed by atoms with Gasteiger partial charge < -0.3 is 5.32 Å². The molecule has 2 heteroatoms. The number of nitrogens with zero attached hydrogens (tertiary/aromatic N) is 1. The Labute approximate surface area is 85.4 Å². The molecule has 1 aromatic rings. The van der Waals surface area contributed by atoms with Gasteiger partial charge in [0.1, 0.15) is 0 Å². The first-order valence-corrected chi connectivity index (χ1v) is 4.74. The van der Waals surface area contributed by atoms with E-state index in [0.717, 1.165) is 23.4 Å². The van der Waals surface area contributed by atoms with Crippen LogP contribution in [0.2, 0.25) is 0 Å². The van der Waals surface area contributed by atoms with E-state index in [1.807, 2.05) is 24.3 Å². The van der Waals surface area contributed by atoms with Gasteiger partial charge in [-0.15, -0.1) is 0 Å². The predicted octanol–water partition coefficient (Wildman–Crippen LogP) is 2.83. The molecule has 0 aliphatic rings. The van der Waals surface area contributed by atoms with Crippen LogP contribution >= 0.6 is 0 Å². The molecule has 0 saturated heterocycles. The first-order valence-electron chi connectivity index (χ1n) is 4.74. The molecule has 0 aliphatic heterocycles. The van der Waals surface area contributed by atoms with Crippen molar-refractivity contribution >= 4 is 17.5 Å². The normalized spacial score (nSPS) is 10.4. The van der Waals surface area contributed by atoms with Gasteiger partial charge in [0.05, 0.1) is 0 Å². The molecule has 74 valence electrons. The molecule has 1 rings (SSSR count). The highest BCUT2D eigenvalue weighted by Gasteiger charge is 2.01. The van der Waals surface area contributed by atoms with E-state index in [-0.39, 0.29) is 0 Å². The first-order chi connectivity index (χ1) is 6.79. The lowest BCUT2D eigenvalue weighted by atomic mass is 10.1.